The van der Waals surface area contributed by atoms with Crippen LogP contribution in [0.15, 0.2) is 30.5 Å². The minimum atomic E-state index is -1.44. The van der Waals surface area contributed by atoms with Crippen LogP contribution in [0, 0.1) is 5.21 Å². The van der Waals surface area contributed by atoms with Crippen molar-refractivity contribution in [3.63, 3.8) is 0 Å². The predicted molar refractivity (Wildman–Crippen MR) is 127 cm³/mol. The number of carbonyl (C=O) groups is 1. The number of carbonyl (C=O) groups excluding carboxylic acids is 1. The van der Waals surface area contributed by atoms with Gasteiger partial charge in [0, 0.05) is 24.4 Å². The molecule has 1 fully saturated rings. The quantitative estimate of drug-likeness (QED) is 0.456. The molecule has 1 aliphatic rings. The molecule has 1 saturated heterocycles. The van der Waals surface area contributed by atoms with E-state index >= 15 is 0 Å². The summed E-state index contributed by atoms with van der Waals surface area (Å²) in [5, 5.41) is 20.1. The van der Waals surface area contributed by atoms with E-state index in [9.17, 15) is 14.4 Å². The van der Waals surface area contributed by atoms with Gasteiger partial charge in [0.1, 0.15) is 17.5 Å². The number of pyridine rings is 1. The van der Waals surface area contributed by atoms with Gasteiger partial charge in [0.25, 0.3) is 0 Å². The van der Waals surface area contributed by atoms with Crippen LogP contribution in [-0.2, 0) is 0 Å². The number of alkyl halides is 1. The summed E-state index contributed by atoms with van der Waals surface area (Å²) in [6.07, 6.45) is 0.327. The Kier molecular flexibility index (Phi) is 7.27. The first-order chi connectivity index (χ1) is 16.9. The average molecular weight is 486 g/mol. The molecule has 1 aromatic carbocycles. The van der Waals surface area contributed by atoms with Crippen molar-refractivity contribution in [2.24, 2.45) is 0 Å². The molecule has 0 radical (unpaired) electrons. The van der Waals surface area contributed by atoms with Gasteiger partial charge in [-0.1, -0.05) is 0 Å². The number of urea groups is 1. The summed E-state index contributed by atoms with van der Waals surface area (Å²) in [4.78, 5) is 25.5. The van der Waals surface area contributed by atoms with E-state index in [2.05, 4.69) is 30.9 Å². The van der Waals surface area contributed by atoms with Crippen LogP contribution in [0.3, 0.4) is 0 Å². The molecule has 2 atom stereocenters. The van der Waals surface area contributed by atoms with E-state index in [1.165, 1.54) is 27.5 Å². The molecule has 2 amide bonds. The van der Waals surface area contributed by atoms with Gasteiger partial charge in [-0.25, -0.2) is 24.1 Å². The Morgan fingerprint density at radius 2 is 1.83 bits per heavy atom. The summed E-state index contributed by atoms with van der Waals surface area (Å²) in [6, 6.07) is 5.30. The second kappa shape index (κ2) is 10.5. The lowest BCUT2D eigenvalue weighted by molar-refractivity contribution is 0.140. The van der Waals surface area contributed by atoms with E-state index in [-0.39, 0.29) is 31.0 Å². The largest absolute Gasteiger partial charge is 0.785 e. The van der Waals surface area contributed by atoms with Gasteiger partial charge >= 0.3 is 6.03 Å². The Balaban J connectivity index is 1.49. The summed E-state index contributed by atoms with van der Waals surface area (Å²) in [7, 11) is 4.56. The second-order valence-electron chi connectivity index (χ2n) is 7.73. The Bertz CT molecular complexity index is 1190. The van der Waals surface area contributed by atoms with Crippen LogP contribution >= 0.6 is 0 Å². The van der Waals surface area contributed by atoms with Crippen LogP contribution in [0.4, 0.5) is 26.5 Å². The van der Waals surface area contributed by atoms with Crippen molar-refractivity contribution in [1.29, 1.82) is 0 Å². The summed E-state index contributed by atoms with van der Waals surface area (Å²) in [5.74, 6) is 2.00. The van der Waals surface area contributed by atoms with Gasteiger partial charge in [-0.15, -0.1) is 0 Å². The number of hydroxylamine groups is 2. The molecule has 0 aliphatic carbocycles. The second-order valence-corrected chi connectivity index (χ2v) is 7.73. The van der Waals surface area contributed by atoms with E-state index in [0.717, 1.165) is 0 Å². The van der Waals surface area contributed by atoms with Gasteiger partial charge in [0.05, 0.1) is 33.6 Å². The SMILES string of the molecule is COc1cc(Nc2cnc3ccc(NC(=O)NC4CCN([O-])CC4F)nc3n2)cc(OC)c1OC. The molecule has 3 N–H and O–H groups in total. The van der Waals surface area contributed by atoms with E-state index in [1.807, 2.05) is 0 Å². The zero-order valence-electron chi connectivity index (χ0n) is 19.4. The monoisotopic (exact) mass is 486 g/mol. The highest BCUT2D eigenvalue weighted by molar-refractivity contribution is 5.89. The number of aromatic nitrogens is 3. The lowest BCUT2D eigenvalue weighted by Crippen LogP contribution is -2.51. The molecule has 3 aromatic rings. The van der Waals surface area contributed by atoms with E-state index in [0.29, 0.717) is 39.3 Å². The predicted octanol–water partition coefficient (Wildman–Crippen LogP) is 2.83. The molecular formula is C22H25FN7O5-. The number of benzene rings is 1. The third-order valence-corrected chi connectivity index (χ3v) is 5.41. The molecule has 3 heterocycles. The van der Waals surface area contributed by atoms with Crippen molar-refractivity contribution in [1.82, 2.24) is 25.3 Å². The van der Waals surface area contributed by atoms with Crippen LogP contribution in [0.25, 0.3) is 11.2 Å². The highest BCUT2D eigenvalue weighted by atomic mass is 19.1. The zero-order chi connectivity index (χ0) is 24.9. The number of piperidine rings is 1. The Morgan fingerprint density at radius 3 is 2.49 bits per heavy atom. The molecule has 186 valence electrons. The number of rotatable bonds is 7. The smallest absolute Gasteiger partial charge is 0.320 e. The van der Waals surface area contributed by atoms with Gasteiger partial charge in [-0.2, -0.15) is 0 Å². The molecule has 0 bridgehead atoms. The topological polar surface area (TPSA) is 146 Å². The Morgan fingerprint density at radius 1 is 1.11 bits per heavy atom. The molecule has 0 saturated carbocycles. The fraction of sp³-hybridized carbons (Fsp3) is 0.364. The first-order valence-corrected chi connectivity index (χ1v) is 10.7. The summed E-state index contributed by atoms with van der Waals surface area (Å²) in [6.45, 7) is -0.104. The average Bonchev–Trinajstić information content (AvgIpc) is 2.84. The van der Waals surface area contributed by atoms with Crippen molar-refractivity contribution < 1.29 is 23.4 Å². The van der Waals surface area contributed by atoms with Crippen LogP contribution in [0.5, 0.6) is 17.2 Å². The molecule has 35 heavy (non-hydrogen) atoms. The molecule has 2 unspecified atom stereocenters. The van der Waals surface area contributed by atoms with Gasteiger partial charge in [-0.05, 0) is 25.1 Å². The van der Waals surface area contributed by atoms with Crippen LogP contribution in [0.1, 0.15) is 6.42 Å². The standard InChI is InChI=1S/C22H25FN7O5/c1-33-16-8-12(9-17(34-2)20(16)35-3)25-19-10-24-15-4-5-18(27-21(15)28-19)29-22(31)26-14-6-7-30(32)11-13(14)23/h4-5,8-10,13-14H,6-7,11H2,1-3H3,(H3,25,26,27,28,29,31)/q-1. The van der Waals surface area contributed by atoms with Crippen molar-refractivity contribution in [3.05, 3.63) is 35.7 Å². The van der Waals surface area contributed by atoms with Crippen molar-refractivity contribution in [3.8, 4) is 17.2 Å². The molecular weight excluding hydrogens is 461 g/mol. The van der Waals surface area contributed by atoms with E-state index in [1.54, 1.807) is 24.3 Å². The third-order valence-electron chi connectivity index (χ3n) is 5.41. The summed E-state index contributed by atoms with van der Waals surface area (Å²) < 4.78 is 30.1. The number of ether oxygens (including phenoxy) is 3. The fourth-order valence-corrected chi connectivity index (χ4v) is 3.69. The maximum atomic E-state index is 14.0. The van der Waals surface area contributed by atoms with E-state index < -0.39 is 18.2 Å². The molecule has 0 spiro atoms. The van der Waals surface area contributed by atoms with Gasteiger partial charge < -0.3 is 35.1 Å². The van der Waals surface area contributed by atoms with Crippen molar-refractivity contribution >= 4 is 34.5 Å². The number of methoxy groups -OCH3 is 3. The van der Waals surface area contributed by atoms with Gasteiger partial charge in [0.2, 0.25) is 5.75 Å². The number of halogens is 1. The maximum Gasteiger partial charge on any atom is 0.320 e. The Hall–Kier alpha value is -3.97. The zero-order valence-corrected chi connectivity index (χ0v) is 19.4. The lowest BCUT2D eigenvalue weighted by Gasteiger charge is -2.38. The number of hydrogen-bond donors (Lipinski definition) is 3. The third kappa shape index (κ3) is 5.58. The number of nitrogens with zero attached hydrogens (tertiary/aromatic N) is 4. The summed E-state index contributed by atoms with van der Waals surface area (Å²) >= 11 is 0. The molecule has 2 aromatic heterocycles. The molecule has 4 rings (SSSR count). The number of hydrogen-bond acceptors (Lipinski definition) is 10. The number of nitrogens with one attached hydrogen (secondary N) is 3. The van der Waals surface area contributed by atoms with Gasteiger partial charge in [-0.3, -0.25) is 5.32 Å². The molecule has 1 aliphatic heterocycles. The van der Waals surface area contributed by atoms with Crippen molar-refractivity contribution in [2.45, 2.75) is 18.6 Å². The maximum absolute atomic E-state index is 14.0. The number of amides is 2. The van der Waals surface area contributed by atoms with Gasteiger partial charge in [0.15, 0.2) is 23.0 Å². The molecule has 13 heteroatoms. The van der Waals surface area contributed by atoms with Crippen LogP contribution in [0.2, 0.25) is 0 Å². The Labute approximate surface area is 200 Å². The normalized spacial score (nSPS) is 18.1. The minimum absolute atomic E-state index is 0.164. The highest BCUT2D eigenvalue weighted by Crippen LogP contribution is 2.40. The fourth-order valence-electron chi connectivity index (χ4n) is 3.69. The minimum Gasteiger partial charge on any atom is -0.785 e. The summed E-state index contributed by atoms with van der Waals surface area (Å²) in [5.41, 5.74) is 1.41. The van der Waals surface area contributed by atoms with E-state index in [4.69, 9.17) is 14.2 Å². The highest BCUT2D eigenvalue weighted by Gasteiger charge is 2.27. The van der Waals surface area contributed by atoms with Crippen LogP contribution in [-0.4, -0.2) is 72.7 Å². The first kappa shape index (κ1) is 24.2. The van der Waals surface area contributed by atoms with Crippen LogP contribution < -0.4 is 30.2 Å². The number of fused-ring (bicyclic) bond motifs is 1. The number of anilines is 3. The first-order valence-electron chi connectivity index (χ1n) is 10.7. The lowest BCUT2D eigenvalue weighted by atomic mass is 10.1. The van der Waals surface area contributed by atoms with Crippen molar-refractivity contribution in [2.75, 3.05) is 45.1 Å². The molecule has 12 nitrogen and oxygen atoms in total.